The van der Waals surface area contributed by atoms with Crippen LogP contribution >= 0.6 is 0 Å². The highest BCUT2D eigenvalue weighted by Crippen LogP contribution is 2.39. The van der Waals surface area contributed by atoms with E-state index in [1.165, 1.54) is 0 Å². The Labute approximate surface area is 135 Å². The Balaban J connectivity index is 2.18. The normalized spacial score (nSPS) is 14.7. The van der Waals surface area contributed by atoms with Gasteiger partial charge in [0.1, 0.15) is 17.2 Å². The Morgan fingerprint density at radius 1 is 0.957 bits per heavy atom. The van der Waals surface area contributed by atoms with E-state index in [0.717, 1.165) is 16.7 Å². The number of ketones is 1. The molecule has 0 fully saturated rings. The van der Waals surface area contributed by atoms with E-state index in [0.29, 0.717) is 29.2 Å². The van der Waals surface area contributed by atoms with Crippen molar-refractivity contribution >= 4 is 17.4 Å². The number of fused-ring (bicyclic) bond motifs is 1. The van der Waals surface area contributed by atoms with Crippen molar-refractivity contribution in [2.45, 2.75) is 6.42 Å². The van der Waals surface area contributed by atoms with Crippen LogP contribution in [0.5, 0.6) is 17.2 Å². The zero-order valence-electron chi connectivity index (χ0n) is 13.4. The van der Waals surface area contributed by atoms with E-state index in [1.54, 1.807) is 33.5 Å². The summed E-state index contributed by atoms with van der Waals surface area (Å²) in [5.41, 5.74) is 3.44. The van der Waals surface area contributed by atoms with Crippen LogP contribution in [-0.2, 0) is 11.2 Å². The molecule has 0 N–H and O–H groups in total. The fourth-order valence-electron chi connectivity index (χ4n) is 2.83. The molecular formula is C19H18O4. The standard InChI is InChI=1S/C19H18O4/c1-21-13-9-18(22-2)16(19(10-13)23-3)11-15-14-7-5-4-6-12(14)8-17(15)20/h4-7,9-11H,8H2,1-3H3/b15-11+. The third-order valence-corrected chi connectivity index (χ3v) is 4.00. The number of carbonyl (C=O) groups is 1. The first-order chi connectivity index (χ1) is 11.2. The summed E-state index contributed by atoms with van der Waals surface area (Å²) in [4.78, 5) is 12.4. The predicted molar refractivity (Wildman–Crippen MR) is 89.1 cm³/mol. The van der Waals surface area contributed by atoms with Crippen LogP contribution in [-0.4, -0.2) is 27.1 Å². The molecule has 0 saturated carbocycles. The summed E-state index contributed by atoms with van der Waals surface area (Å²) >= 11 is 0. The van der Waals surface area contributed by atoms with Crippen LogP contribution in [0.15, 0.2) is 36.4 Å². The van der Waals surface area contributed by atoms with Gasteiger partial charge in [-0.3, -0.25) is 4.79 Å². The number of methoxy groups -OCH3 is 3. The summed E-state index contributed by atoms with van der Waals surface area (Å²) in [6, 6.07) is 11.4. The van der Waals surface area contributed by atoms with Crippen LogP contribution in [0.2, 0.25) is 0 Å². The van der Waals surface area contributed by atoms with E-state index in [2.05, 4.69) is 0 Å². The minimum atomic E-state index is 0.103. The number of carbonyl (C=O) groups excluding carboxylic acids is 1. The number of Topliss-reactive ketones (excluding diaryl/α,β-unsaturated/α-hetero) is 1. The van der Waals surface area contributed by atoms with Gasteiger partial charge in [-0.25, -0.2) is 0 Å². The van der Waals surface area contributed by atoms with Gasteiger partial charge in [0.2, 0.25) is 0 Å². The number of benzene rings is 2. The van der Waals surface area contributed by atoms with Crippen LogP contribution in [0, 0.1) is 0 Å². The van der Waals surface area contributed by atoms with Crippen LogP contribution in [0.3, 0.4) is 0 Å². The first kappa shape index (κ1) is 15.2. The summed E-state index contributed by atoms with van der Waals surface area (Å²) in [6.07, 6.45) is 2.27. The molecular weight excluding hydrogens is 292 g/mol. The second kappa shape index (κ2) is 6.16. The Morgan fingerprint density at radius 2 is 1.61 bits per heavy atom. The van der Waals surface area contributed by atoms with Gasteiger partial charge in [-0.15, -0.1) is 0 Å². The van der Waals surface area contributed by atoms with Gasteiger partial charge >= 0.3 is 0 Å². The molecule has 0 atom stereocenters. The molecule has 0 aromatic heterocycles. The molecule has 4 nitrogen and oxygen atoms in total. The van der Waals surface area contributed by atoms with Crippen LogP contribution in [0.1, 0.15) is 16.7 Å². The summed E-state index contributed by atoms with van der Waals surface area (Å²) in [6.45, 7) is 0. The van der Waals surface area contributed by atoms with Crippen molar-refractivity contribution in [3.8, 4) is 17.2 Å². The Morgan fingerprint density at radius 3 is 2.22 bits per heavy atom. The smallest absolute Gasteiger partial charge is 0.167 e. The minimum absolute atomic E-state index is 0.103. The van der Waals surface area contributed by atoms with E-state index in [9.17, 15) is 4.79 Å². The molecule has 1 aliphatic rings. The lowest BCUT2D eigenvalue weighted by atomic mass is 10.0. The largest absolute Gasteiger partial charge is 0.496 e. The second-order valence-electron chi connectivity index (χ2n) is 5.26. The SMILES string of the molecule is COc1cc(OC)c(/C=C2/C(=O)Cc3ccccc32)c(OC)c1. The van der Waals surface area contributed by atoms with Gasteiger partial charge in [0.15, 0.2) is 5.78 Å². The molecule has 0 spiro atoms. The summed E-state index contributed by atoms with van der Waals surface area (Å²) < 4.78 is 16.1. The summed E-state index contributed by atoms with van der Waals surface area (Å²) in [5, 5.41) is 0. The maximum Gasteiger partial charge on any atom is 0.167 e. The molecule has 1 aliphatic carbocycles. The fraction of sp³-hybridized carbons (Fsp3) is 0.211. The zero-order valence-corrected chi connectivity index (χ0v) is 13.4. The molecule has 23 heavy (non-hydrogen) atoms. The second-order valence-corrected chi connectivity index (χ2v) is 5.26. The highest BCUT2D eigenvalue weighted by Gasteiger charge is 2.25. The average Bonchev–Trinajstić information content (AvgIpc) is 2.90. The van der Waals surface area contributed by atoms with Crippen LogP contribution < -0.4 is 14.2 Å². The van der Waals surface area contributed by atoms with Gasteiger partial charge in [0.05, 0.1) is 26.9 Å². The lowest BCUT2D eigenvalue weighted by Gasteiger charge is -2.13. The van der Waals surface area contributed by atoms with E-state index in [1.807, 2.05) is 30.3 Å². The Bertz CT molecular complexity index is 765. The molecule has 0 bridgehead atoms. The quantitative estimate of drug-likeness (QED) is 0.812. The van der Waals surface area contributed by atoms with Crippen molar-refractivity contribution in [1.29, 1.82) is 0 Å². The number of hydrogen-bond donors (Lipinski definition) is 0. The van der Waals surface area contributed by atoms with Crippen molar-refractivity contribution < 1.29 is 19.0 Å². The molecule has 0 unspecified atom stereocenters. The van der Waals surface area contributed by atoms with Crippen molar-refractivity contribution in [3.63, 3.8) is 0 Å². The molecule has 3 rings (SSSR count). The van der Waals surface area contributed by atoms with Gasteiger partial charge in [-0.2, -0.15) is 0 Å². The van der Waals surface area contributed by atoms with Gasteiger partial charge in [0.25, 0.3) is 0 Å². The van der Waals surface area contributed by atoms with Crippen molar-refractivity contribution in [2.75, 3.05) is 21.3 Å². The molecule has 0 radical (unpaired) electrons. The molecule has 2 aromatic carbocycles. The molecule has 4 heteroatoms. The summed E-state index contributed by atoms with van der Waals surface area (Å²) in [7, 11) is 4.75. The van der Waals surface area contributed by atoms with E-state index in [-0.39, 0.29) is 5.78 Å². The van der Waals surface area contributed by atoms with E-state index >= 15 is 0 Å². The molecule has 0 saturated heterocycles. The first-order valence-electron chi connectivity index (χ1n) is 7.31. The third-order valence-electron chi connectivity index (χ3n) is 4.00. The van der Waals surface area contributed by atoms with E-state index < -0.39 is 0 Å². The average molecular weight is 310 g/mol. The predicted octanol–water partition coefficient (Wildman–Crippen LogP) is 3.38. The summed E-state index contributed by atoms with van der Waals surface area (Å²) in [5.74, 6) is 1.95. The van der Waals surface area contributed by atoms with Crippen molar-refractivity contribution in [2.24, 2.45) is 0 Å². The maximum atomic E-state index is 12.4. The lowest BCUT2D eigenvalue weighted by molar-refractivity contribution is -0.112. The molecule has 0 heterocycles. The highest BCUT2D eigenvalue weighted by atomic mass is 16.5. The Kier molecular flexibility index (Phi) is 4.06. The lowest BCUT2D eigenvalue weighted by Crippen LogP contribution is -1.98. The first-order valence-corrected chi connectivity index (χ1v) is 7.31. The number of allylic oxidation sites excluding steroid dienone is 1. The third kappa shape index (κ3) is 2.68. The Hall–Kier alpha value is -2.75. The topological polar surface area (TPSA) is 44.8 Å². The maximum absolute atomic E-state index is 12.4. The number of rotatable bonds is 4. The van der Waals surface area contributed by atoms with Crippen molar-refractivity contribution in [1.82, 2.24) is 0 Å². The number of ether oxygens (including phenoxy) is 3. The van der Waals surface area contributed by atoms with Gasteiger partial charge < -0.3 is 14.2 Å². The van der Waals surface area contributed by atoms with Crippen LogP contribution in [0.4, 0.5) is 0 Å². The molecule has 0 amide bonds. The fourth-order valence-corrected chi connectivity index (χ4v) is 2.83. The van der Waals surface area contributed by atoms with Gasteiger partial charge in [-0.05, 0) is 17.2 Å². The molecule has 2 aromatic rings. The zero-order chi connectivity index (χ0) is 16.4. The minimum Gasteiger partial charge on any atom is -0.496 e. The monoisotopic (exact) mass is 310 g/mol. The van der Waals surface area contributed by atoms with Crippen molar-refractivity contribution in [3.05, 3.63) is 53.1 Å². The van der Waals surface area contributed by atoms with Crippen LogP contribution in [0.25, 0.3) is 11.6 Å². The number of hydrogen-bond acceptors (Lipinski definition) is 4. The van der Waals surface area contributed by atoms with E-state index in [4.69, 9.17) is 14.2 Å². The van der Waals surface area contributed by atoms with Gasteiger partial charge in [0, 0.05) is 24.1 Å². The highest BCUT2D eigenvalue weighted by molar-refractivity contribution is 6.29. The molecule has 118 valence electrons. The molecule has 0 aliphatic heterocycles. The van der Waals surface area contributed by atoms with Gasteiger partial charge in [-0.1, -0.05) is 24.3 Å².